The minimum Gasteiger partial charge on any atom is -0.223 e. The summed E-state index contributed by atoms with van der Waals surface area (Å²) >= 11 is 4.78. The van der Waals surface area contributed by atoms with Crippen molar-refractivity contribution in [1.82, 2.24) is 20.2 Å². The second-order valence-corrected chi connectivity index (χ2v) is 4.84. The lowest BCUT2D eigenvalue weighted by Gasteiger charge is -2.01. The Hall–Kier alpha value is -1.39. The van der Waals surface area contributed by atoms with Gasteiger partial charge in [-0.1, -0.05) is 0 Å². The molecule has 0 saturated carbocycles. The monoisotopic (exact) mass is 295 g/mol. The molecule has 1 aromatic carbocycles. The first-order chi connectivity index (χ1) is 7.70. The van der Waals surface area contributed by atoms with Crippen molar-refractivity contribution in [2.24, 2.45) is 7.05 Å². The average molecular weight is 296 g/mol. The van der Waals surface area contributed by atoms with Gasteiger partial charge in [-0.25, -0.2) is 4.68 Å². The van der Waals surface area contributed by atoms with Crippen molar-refractivity contribution < 1.29 is 0 Å². The van der Waals surface area contributed by atoms with E-state index < -0.39 is 0 Å². The molecule has 2 rings (SSSR count). The van der Waals surface area contributed by atoms with E-state index in [4.69, 9.17) is 5.26 Å². The van der Waals surface area contributed by atoms with Crippen LogP contribution >= 0.6 is 27.7 Å². The number of benzene rings is 1. The number of aryl methyl sites for hydroxylation is 1. The van der Waals surface area contributed by atoms with Crippen LogP contribution in [-0.4, -0.2) is 20.2 Å². The fourth-order valence-corrected chi connectivity index (χ4v) is 2.45. The molecule has 0 spiro atoms. The maximum atomic E-state index is 8.79. The first-order valence-electron chi connectivity index (χ1n) is 4.30. The Morgan fingerprint density at radius 2 is 2.31 bits per heavy atom. The highest BCUT2D eigenvalue weighted by molar-refractivity contribution is 9.10. The van der Waals surface area contributed by atoms with Crippen LogP contribution in [0.3, 0.4) is 0 Å². The number of nitriles is 1. The van der Waals surface area contributed by atoms with Gasteiger partial charge in [0.2, 0.25) is 5.16 Å². The number of hydrogen-bond donors (Lipinski definition) is 0. The fourth-order valence-electron chi connectivity index (χ4n) is 1.06. The maximum absolute atomic E-state index is 8.79. The lowest BCUT2D eigenvalue weighted by atomic mass is 10.2. The molecule has 2 aromatic rings. The quantitative estimate of drug-likeness (QED) is 0.848. The number of rotatable bonds is 2. The van der Waals surface area contributed by atoms with Crippen molar-refractivity contribution in [3.63, 3.8) is 0 Å². The van der Waals surface area contributed by atoms with E-state index in [0.717, 1.165) is 9.37 Å². The van der Waals surface area contributed by atoms with Crippen molar-refractivity contribution in [3.8, 4) is 6.07 Å². The van der Waals surface area contributed by atoms with E-state index in [9.17, 15) is 0 Å². The summed E-state index contributed by atoms with van der Waals surface area (Å²) in [5.74, 6) is 0. The van der Waals surface area contributed by atoms with Crippen molar-refractivity contribution in [2.45, 2.75) is 10.1 Å². The number of halogens is 1. The van der Waals surface area contributed by atoms with Gasteiger partial charge in [0.1, 0.15) is 6.07 Å². The zero-order valence-corrected chi connectivity index (χ0v) is 10.7. The van der Waals surface area contributed by atoms with Gasteiger partial charge < -0.3 is 0 Å². The molecule has 5 nitrogen and oxygen atoms in total. The van der Waals surface area contributed by atoms with Gasteiger partial charge in [0.25, 0.3) is 0 Å². The van der Waals surface area contributed by atoms with Crippen LogP contribution in [0.4, 0.5) is 0 Å². The Balaban J connectivity index is 2.27. The molecule has 0 atom stereocenters. The van der Waals surface area contributed by atoms with Gasteiger partial charge in [0.15, 0.2) is 0 Å². The van der Waals surface area contributed by atoms with Crippen LogP contribution < -0.4 is 0 Å². The average Bonchev–Trinajstić information content (AvgIpc) is 2.65. The fraction of sp³-hybridized carbons (Fsp3) is 0.111. The van der Waals surface area contributed by atoms with Crippen LogP contribution in [0.15, 0.2) is 32.7 Å². The molecule has 0 radical (unpaired) electrons. The molecular formula is C9H6BrN5S. The van der Waals surface area contributed by atoms with Crippen molar-refractivity contribution in [2.75, 3.05) is 0 Å². The summed E-state index contributed by atoms with van der Waals surface area (Å²) in [6, 6.07) is 7.59. The van der Waals surface area contributed by atoms with Gasteiger partial charge in [-0.05, 0) is 56.3 Å². The summed E-state index contributed by atoms with van der Waals surface area (Å²) in [7, 11) is 1.78. The molecule has 1 aromatic heterocycles. The Morgan fingerprint density at radius 3 is 2.88 bits per heavy atom. The second-order valence-electron chi connectivity index (χ2n) is 2.94. The van der Waals surface area contributed by atoms with Crippen LogP contribution in [0, 0.1) is 11.3 Å². The molecule has 7 heteroatoms. The molecule has 16 heavy (non-hydrogen) atoms. The molecule has 1 heterocycles. The lowest BCUT2D eigenvalue weighted by molar-refractivity contribution is 0.664. The molecule has 0 unspecified atom stereocenters. The Morgan fingerprint density at radius 1 is 1.50 bits per heavy atom. The molecule has 0 bridgehead atoms. The van der Waals surface area contributed by atoms with E-state index in [-0.39, 0.29) is 0 Å². The smallest absolute Gasteiger partial charge is 0.213 e. The van der Waals surface area contributed by atoms with Gasteiger partial charge in [0.05, 0.1) is 5.56 Å². The summed E-state index contributed by atoms with van der Waals surface area (Å²) in [6.07, 6.45) is 0. The van der Waals surface area contributed by atoms with Crippen LogP contribution in [-0.2, 0) is 7.05 Å². The molecule has 0 aliphatic carbocycles. The van der Waals surface area contributed by atoms with Gasteiger partial charge in [-0.3, -0.25) is 0 Å². The summed E-state index contributed by atoms with van der Waals surface area (Å²) < 4.78 is 2.37. The van der Waals surface area contributed by atoms with Crippen LogP contribution in [0.2, 0.25) is 0 Å². The number of nitrogens with zero attached hydrogens (tertiary/aromatic N) is 5. The SMILES string of the molecule is Cn1nnnc1Sc1ccc(C#N)c(Br)c1. The highest BCUT2D eigenvalue weighted by atomic mass is 79.9. The molecule has 0 aliphatic rings. The minimum absolute atomic E-state index is 0.612. The van der Waals surface area contributed by atoms with Crippen LogP contribution in [0.1, 0.15) is 5.56 Å². The molecule has 0 fully saturated rings. The number of aromatic nitrogens is 4. The van der Waals surface area contributed by atoms with E-state index in [1.54, 1.807) is 17.8 Å². The largest absolute Gasteiger partial charge is 0.223 e. The highest BCUT2D eigenvalue weighted by Gasteiger charge is 2.06. The van der Waals surface area contributed by atoms with Crippen molar-refractivity contribution in [1.29, 1.82) is 5.26 Å². The summed E-state index contributed by atoms with van der Waals surface area (Å²) in [5.41, 5.74) is 0.612. The van der Waals surface area contributed by atoms with Crippen LogP contribution in [0.5, 0.6) is 0 Å². The van der Waals surface area contributed by atoms with Gasteiger partial charge in [0, 0.05) is 16.4 Å². The first kappa shape index (κ1) is 11.1. The van der Waals surface area contributed by atoms with Crippen molar-refractivity contribution in [3.05, 3.63) is 28.2 Å². The second kappa shape index (κ2) is 4.63. The lowest BCUT2D eigenvalue weighted by Crippen LogP contribution is -1.92. The third-order valence-corrected chi connectivity index (χ3v) is 3.53. The van der Waals surface area contributed by atoms with E-state index in [1.807, 2.05) is 12.1 Å². The van der Waals surface area contributed by atoms with E-state index in [0.29, 0.717) is 10.7 Å². The maximum Gasteiger partial charge on any atom is 0.213 e. The van der Waals surface area contributed by atoms with E-state index >= 15 is 0 Å². The number of tetrazole rings is 1. The molecule has 80 valence electrons. The summed E-state index contributed by atoms with van der Waals surface area (Å²) in [4.78, 5) is 0.976. The molecule has 0 saturated heterocycles. The predicted octanol–water partition coefficient (Wildman–Crippen LogP) is 2.00. The van der Waals surface area contributed by atoms with Gasteiger partial charge in [-0.2, -0.15) is 5.26 Å². The highest BCUT2D eigenvalue weighted by Crippen LogP contribution is 2.28. The zero-order chi connectivity index (χ0) is 11.5. The van der Waals surface area contributed by atoms with Crippen LogP contribution in [0.25, 0.3) is 0 Å². The third-order valence-electron chi connectivity index (χ3n) is 1.85. The normalized spacial score (nSPS) is 10.1. The van der Waals surface area contributed by atoms with E-state index in [2.05, 4.69) is 37.5 Å². The van der Waals surface area contributed by atoms with Gasteiger partial charge in [-0.15, -0.1) is 5.10 Å². The summed E-state index contributed by atoms with van der Waals surface area (Å²) in [5, 5.41) is 20.7. The standard InChI is InChI=1S/C9H6BrN5S/c1-15-9(12-13-14-15)16-7-3-2-6(5-11)8(10)4-7/h2-4H,1H3. The molecule has 0 amide bonds. The molecule has 0 aliphatic heterocycles. The Kier molecular flexibility index (Phi) is 3.22. The minimum atomic E-state index is 0.612. The molecular weight excluding hydrogens is 290 g/mol. The molecule has 0 N–H and O–H groups in total. The Bertz CT molecular complexity index is 559. The zero-order valence-electron chi connectivity index (χ0n) is 8.25. The van der Waals surface area contributed by atoms with E-state index in [1.165, 1.54) is 11.8 Å². The topological polar surface area (TPSA) is 67.4 Å². The Labute approximate surface area is 105 Å². The number of hydrogen-bond acceptors (Lipinski definition) is 5. The first-order valence-corrected chi connectivity index (χ1v) is 5.91. The summed E-state index contributed by atoms with van der Waals surface area (Å²) in [6.45, 7) is 0. The predicted molar refractivity (Wildman–Crippen MR) is 61.8 cm³/mol. The third kappa shape index (κ3) is 2.23. The van der Waals surface area contributed by atoms with Crippen molar-refractivity contribution >= 4 is 27.7 Å². The van der Waals surface area contributed by atoms with Gasteiger partial charge >= 0.3 is 0 Å².